The van der Waals surface area contributed by atoms with Crippen molar-refractivity contribution in [1.29, 1.82) is 0 Å². The summed E-state index contributed by atoms with van der Waals surface area (Å²) in [5, 5.41) is 5.16. The van der Waals surface area contributed by atoms with E-state index in [2.05, 4.69) is 10.6 Å². The summed E-state index contributed by atoms with van der Waals surface area (Å²) in [6, 6.07) is 5.78. The molecule has 27 heavy (non-hydrogen) atoms. The molecule has 1 aliphatic rings. The second kappa shape index (κ2) is 8.30. The lowest BCUT2D eigenvalue weighted by Gasteiger charge is -2.17. The number of carbonyl (C=O) groups excluding carboxylic acids is 5. The summed E-state index contributed by atoms with van der Waals surface area (Å²) in [6.45, 7) is 2.10. The summed E-state index contributed by atoms with van der Waals surface area (Å²) in [6.07, 6.45) is -1.13. The van der Waals surface area contributed by atoms with Gasteiger partial charge in [-0.05, 0) is 31.2 Å². The Hall–Kier alpha value is -3.43. The number of hydrogen-bond donors (Lipinski definition) is 2. The minimum atomic E-state index is -1.13. The molecule has 1 saturated heterocycles. The molecule has 0 aliphatic carbocycles. The third-order valence-electron chi connectivity index (χ3n) is 3.67. The van der Waals surface area contributed by atoms with Gasteiger partial charge in [0.05, 0.1) is 0 Å². The molecule has 10 nitrogen and oxygen atoms in total. The maximum absolute atomic E-state index is 12.1. The molecule has 144 valence electrons. The molecule has 1 aromatic carbocycles. The lowest BCUT2D eigenvalue weighted by atomic mass is 10.2. The number of hydrogen-bond acceptors (Lipinski definition) is 6. The molecule has 5 amide bonds. The fraction of sp³-hybridized carbons (Fsp3) is 0.353. The number of likely N-dealkylation sites (N-methyl/N-ethyl adjacent to an activating group) is 1. The third-order valence-corrected chi connectivity index (χ3v) is 3.67. The Morgan fingerprint density at radius 2 is 1.67 bits per heavy atom. The van der Waals surface area contributed by atoms with Crippen LogP contribution in [0.15, 0.2) is 24.3 Å². The number of anilines is 2. The SMILES string of the molecule is CC(=O)Nc1ccc(NC(=O)[C@@H](C)OC(=O)CN2C(=O)CN(C)C2=O)cc1. The van der Waals surface area contributed by atoms with Crippen LogP contribution in [0.5, 0.6) is 0 Å². The topological polar surface area (TPSA) is 125 Å². The quantitative estimate of drug-likeness (QED) is 0.547. The van der Waals surface area contributed by atoms with Gasteiger partial charge < -0.3 is 20.3 Å². The normalized spacial score (nSPS) is 14.8. The zero-order valence-corrected chi connectivity index (χ0v) is 15.1. The van der Waals surface area contributed by atoms with Gasteiger partial charge in [-0.25, -0.2) is 4.79 Å². The second-order valence-corrected chi connectivity index (χ2v) is 6.00. The summed E-state index contributed by atoms with van der Waals surface area (Å²) >= 11 is 0. The van der Waals surface area contributed by atoms with Crippen LogP contribution in [0.25, 0.3) is 0 Å². The van der Waals surface area contributed by atoms with Crippen LogP contribution in [0.3, 0.4) is 0 Å². The number of rotatable bonds is 6. The van der Waals surface area contributed by atoms with Gasteiger partial charge in [0.25, 0.3) is 11.8 Å². The zero-order chi connectivity index (χ0) is 20.1. The smallest absolute Gasteiger partial charge is 0.327 e. The third kappa shape index (κ3) is 5.27. The Bertz CT molecular complexity index is 776. The molecule has 0 spiro atoms. The molecule has 1 fully saturated rings. The molecule has 1 heterocycles. The summed E-state index contributed by atoms with van der Waals surface area (Å²) in [4.78, 5) is 60.3. The van der Waals surface area contributed by atoms with E-state index < -0.39 is 36.5 Å². The van der Waals surface area contributed by atoms with E-state index in [4.69, 9.17) is 4.74 Å². The van der Waals surface area contributed by atoms with Crippen molar-refractivity contribution in [3.8, 4) is 0 Å². The first kappa shape index (κ1) is 19.9. The Labute approximate surface area is 155 Å². The van der Waals surface area contributed by atoms with Gasteiger partial charge in [-0.2, -0.15) is 0 Å². The van der Waals surface area contributed by atoms with Crippen molar-refractivity contribution in [3.05, 3.63) is 24.3 Å². The van der Waals surface area contributed by atoms with Crippen LogP contribution in [0, 0.1) is 0 Å². The predicted octanol–water partition coefficient (Wildman–Crippen LogP) is 0.409. The Morgan fingerprint density at radius 1 is 1.11 bits per heavy atom. The standard InChI is InChI=1S/C17H20N4O6/c1-10(27-15(24)9-21-14(23)8-20(3)17(21)26)16(25)19-13-6-4-12(5-7-13)18-11(2)22/h4-7,10H,8-9H2,1-3H3,(H,18,22)(H,19,25)/t10-/m1/s1. The lowest BCUT2D eigenvalue weighted by Crippen LogP contribution is -2.39. The van der Waals surface area contributed by atoms with Crippen molar-refractivity contribution >= 4 is 41.1 Å². The largest absolute Gasteiger partial charge is 0.451 e. The molecule has 1 atom stereocenters. The highest BCUT2D eigenvalue weighted by atomic mass is 16.5. The number of nitrogens with one attached hydrogen (secondary N) is 2. The Balaban J connectivity index is 1.86. The maximum atomic E-state index is 12.1. The summed E-state index contributed by atoms with van der Waals surface area (Å²) < 4.78 is 4.98. The minimum Gasteiger partial charge on any atom is -0.451 e. The van der Waals surface area contributed by atoms with Crippen molar-refractivity contribution in [3.63, 3.8) is 0 Å². The Kier molecular flexibility index (Phi) is 6.11. The van der Waals surface area contributed by atoms with Crippen LogP contribution in [-0.4, -0.2) is 65.8 Å². The number of amides is 5. The predicted molar refractivity (Wildman–Crippen MR) is 94.7 cm³/mol. The van der Waals surface area contributed by atoms with Gasteiger partial charge in [0.1, 0.15) is 13.1 Å². The highest BCUT2D eigenvalue weighted by Gasteiger charge is 2.35. The molecule has 10 heteroatoms. The molecule has 2 N–H and O–H groups in total. The first-order valence-electron chi connectivity index (χ1n) is 8.11. The maximum Gasteiger partial charge on any atom is 0.327 e. The number of nitrogens with zero attached hydrogens (tertiary/aromatic N) is 2. The number of ether oxygens (including phenoxy) is 1. The van der Waals surface area contributed by atoms with Gasteiger partial charge in [0.15, 0.2) is 6.10 Å². The number of urea groups is 1. The van der Waals surface area contributed by atoms with Crippen molar-refractivity contribution in [1.82, 2.24) is 9.80 Å². The van der Waals surface area contributed by atoms with Gasteiger partial charge in [0.2, 0.25) is 5.91 Å². The summed E-state index contributed by atoms with van der Waals surface area (Å²) in [5.74, 6) is -2.16. The van der Waals surface area contributed by atoms with Gasteiger partial charge in [-0.3, -0.25) is 24.1 Å². The molecule has 1 aromatic rings. The van der Waals surface area contributed by atoms with Crippen LogP contribution >= 0.6 is 0 Å². The molecule has 0 bridgehead atoms. The van der Waals surface area contributed by atoms with Crippen LogP contribution in [0.2, 0.25) is 0 Å². The number of carbonyl (C=O) groups is 5. The van der Waals surface area contributed by atoms with E-state index in [1.807, 2.05) is 0 Å². The molecule has 0 radical (unpaired) electrons. The lowest BCUT2D eigenvalue weighted by molar-refractivity contribution is -0.154. The van der Waals surface area contributed by atoms with Crippen molar-refractivity contribution < 1.29 is 28.7 Å². The molecule has 1 aliphatic heterocycles. The van der Waals surface area contributed by atoms with Crippen LogP contribution in [-0.2, 0) is 23.9 Å². The minimum absolute atomic E-state index is 0.101. The number of imide groups is 1. The first-order chi connectivity index (χ1) is 12.7. The van der Waals surface area contributed by atoms with Crippen molar-refractivity contribution in [2.24, 2.45) is 0 Å². The molecule has 0 saturated carbocycles. The fourth-order valence-corrected chi connectivity index (χ4v) is 2.33. The van der Waals surface area contributed by atoms with E-state index in [9.17, 15) is 24.0 Å². The zero-order valence-electron chi connectivity index (χ0n) is 15.1. The Morgan fingerprint density at radius 3 is 2.15 bits per heavy atom. The van der Waals surface area contributed by atoms with Crippen LogP contribution < -0.4 is 10.6 Å². The average molecular weight is 376 g/mol. The second-order valence-electron chi connectivity index (χ2n) is 6.00. The summed E-state index contributed by atoms with van der Waals surface area (Å²) in [7, 11) is 1.44. The number of benzene rings is 1. The van der Waals surface area contributed by atoms with Gasteiger partial charge in [-0.1, -0.05) is 0 Å². The molecule has 0 aromatic heterocycles. The first-order valence-corrected chi connectivity index (χ1v) is 8.11. The highest BCUT2D eigenvalue weighted by molar-refractivity contribution is 6.04. The van der Waals surface area contributed by atoms with E-state index in [0.717, 1.165) is 4.90 Å². The van der Waals surface area contributed by atoms with E-state index in [0.29, 0.717) is 11.4 Å². The van der Waals surface area contributed by atoms with Gasteiger partial charge in [0, 0.05) is 25.3 Å². The molecular weight excluding hydrogens is 356 g/mol. The molecule has 2 rings (SSSR count). The van der Waals surface area contributed by atoms with Crippen molar-refractivity contribution in [2.45, 2.75) is 20.0 Å². The molecular formula is C17H20N4O6. The van der Waals surface area contributed by atoms with E-state index >= 15 is 0 Å². The van der Waals surface area contributed by atoms with E-state index in [-0.39, 0.29) is 12.5 Å². The highest BCUT2D eigenvalue weighted by Crippen LogP contribution is 2.14. The van der Waals surface area contributed by atoms with Crippen LogP contribution in [0.4, 0.5) is 16.2 Å². The van der Waals surface area contributed by atoms with Crippen molar-refractivity contribution in [2.75, 3.05) is 30.8 Å². The fourth-order valence-electron chi connectivity index (χ4n) is 2.33. The van der Waals surface area contributed by atoms with Gasteiger partial charge >= 0.3 is 12.0 Å². The average Bonchev–Trinajstić information content (AvgIpc) is 2.82. The summed E-state index contributed by atoms with van der Waals surface area (Å²) in [5.41, 5.74) is 1.02. The monoisotopic (exact) mass is 376 g/mol. The molecule has 0 unspecified atom stereocenters. The van der Waals surface area contributed by atoms with E-state index in [1.54, 1.807) is 24.3 Å². The number of esters is 1. The van der Waals surface area contributed by atoms with Gasteiger partial charge in [-0.15, -0.1) is 0 Å². The van der Waals surface area contributed by atoms with Crippen LogP contribution in [0.1, 0.15) is 13.8 Å². The van der Waals surface area contributed by atoms with E-state index in [1.165, 1.54) is 25.8 Å².